The summed E-state index contributed by atoms with van der Waals surface area (Å²) in [4.78, 5) is 37.1. The zero-order valence-corrected chi connectivity index (χ0v) is 25.7. The highest BCUT2D eigenvalue weighted by atomic mass is 35.5. The van der Waals surface area contributed by atoms with E-state index < -0.39 is 27.8 Å². The summed E-state index contributed by atoms with van der Waals surface area (Å²) in [7, 11) is -0.498. The standard InChI is InChI=1S/C27H31ClN8O6S/c1-15-10-18(16(2)30-20-6-7-21(28)31-23(20)24(37)33-43(5,40)41)22-19(11-15)25(38)35(4)26(32-22)36-8-9-42-27(39,14-36)17-12-29-34(3)13-17/h6-7,10-13,16,30,39H,8-9,14H2,1-5H3,(H,33,37)/t16-,27+/m1/s1. The molecule has 0 saturated carbocycles. The number of pyridine rings is 1. The SMILES string of the molecule is Cc1cc([C@@H](C)Nc2ccc(Cl)nc2C(=O)NS(C)(=O)=O)c2nc(N3CCO[C@](O)(c4cnn(C)c4)C3)n(C)c(=O)c2c1. The maximum Gasteiger partial charge on any atom is 0.285 e. The molecule has 5 rings (SSSR count). The van der Waals surface area contributed by atoms with Crippen LogP contribution in [0.4, 0.5) is 11.6 Å². The average Bonchev–Trinajstić information content (AvgIpc) is 3.37. The lowest BCUT2D eigenvalue weighted by molar-refractivity contribution is -0.216. The second-order valence-corrected chi connectivity index (χ2v) is 12.7. The summed E-state index contributed by atoms with van der Waals surface area (Å²) in [6.07, 6.45) is 4.06. The summed E-state index contributed by atoms with van der Waals surface area (Å²) in [6, 6.07) is 6.09. The third-order valence-electron chi connectivity index (χ3n) is 7.07. The molecule has 43 heavy (non-hydrogen) atoms. The van der Waals surface area contributed by atoms with Crippen LogP contribution in [0.25, 0.3) is 10.9 Å². The minimum absolute atomic E-state index is 0.00409. The summed E-state index contributed by atoms with van der Waals surface area (Å²) in [5.41, 5.74) is 2.09. The molecule has 1 amide bonds. The summed E-state index contributed by atoms with van der Waals surface area (Å²) in [6.45, 7) is 4.23. The number of carbonyl (C=O) groups excluding carboxylic acids is 1. The molecule has 3 aromatic heterocycles. The van der Waals surface area contributed by atoms with Gasteiger partial charge < -0.3 is 20.1 Å². The Labute approximate surface area is 252 Å². The Balaban J connectivity index is 1.56. The lowest BCUT2D eigenvalue weighted by Crippen LogP contribution is -2.51. The summed E-state index contributed by atoms with van der Waals surface area (Å²) in [5, 5.41) is 19.1. The van der Waals surface area contributed by atoms with Crippen LogP contribution >= 0.6 is 11.6 Å². The fraction of sp³-hybridized carbons (Fsp3) is 0.370. The Hall–Kier alpha value is -4.05. The highest BCUT2D eigenvalue weighted by Crippen LogP contribution is 2.32. The largest absolute Gasteiger partial charge is 0.377 e. The fourth-order valence-electron chi connectivity index (χ4n) is 5.08. The van der Waals surface area contributed by atoms with Gasteiger partial charge in [-0.3, -0.25) is 18.8 Å². The van der Waals surface area contributed by atoms with Crippen molar-refractivity contribution in [2.24, 2.45) is 14.1 Å². The first-order valence-electron chi connectivity index (χ1n) is 13.2. The lowest BCUT2D eigenvalue weighted by atomic mass is 10.0. The van der Waals surface area contributed by atoms with Crippen molar-refractivity contribution in [2.45, 2.75) is 25.7 Å². The van der Waals surface area contributed by atoms with E-state index in [-0.39, 0.29) is 35.2 Å². The second-order valence-electron chi connectivity index (χ2n) is 10.6. The normalized spacial score (nSPS) is 18.1. The number of rotatable bonds is 7. The molecule has 2 atom stereocenters. The molecule has 0 spiro atoms. The second kappa shape index (κ2) is 11.2. The van der Waals surface area contributed by atoms with Gasteiger partial charge in [0.2, 0.25) is 21.8 Å². The van der Waals surface area contributed by atoms with E-state index in [1.54, 1.807) is 35.9 Å². The number of β-amino-alcohol motifs (C(OH)–C–C–N with tert-alkyl or cyclic N) is 1. The quantitative estimate of drug-likeness (QED) is 0.253. The Morgan fingerprint density at radius 1 is 1.23 bits per heavy atom. The zero-order chi connectivity index (χ0) is 31.3. The maximum atomic E-state index is 13.7. The molecule has 0 aliphatic carbocycles. The van der Waals surface area contributed by atoms with Crippen LogP contribution in [0.5, 0.6) is 0 Å². The van der Waals surface area contributed by atoms with Crippen LogP contribution in [-0.4, -0.2) is 69.7 Å². The van der Waals surface area contributed by atoms with Crippen LogP contribution in [0.3, 0.4) is 0 Å². The molecule has 14 nitrogen and oxygen atoms in total. The number of hydrogen-bond donors (Lipinski definition) is 3. The van der Waals surface area contributed by atoms with Crippen LogP contribution < -0.4 is 20.5 Å². The number of carbonyl (C=O) groups is 1. The van der Waals surface area contributed by atoms with Crippen molar-refractivity contribution in [3.8, 4) is 0 Å². The van der Waals surface area contributed by atoms with Crippen molar-refractivity contribution in [1.82, 2.24) is 29.0 Å². The van der Waals surface area contributed by atoms with Crippen molar-refractivity contribution >= 4 is 50.1 Å². The molecule has 4 heterocycles. The molecule has 0 bridgehead atoms. The predicted octanol–water partition coefficient (Wildman–Crippen LogP) is 1.57. The number of nitrogens with one attached hydrogen (secondary N) is 2. The smallest absolute Gasteiger partial charge is 0.285 e. The number of nitrogens with zero attached hydrogens (tertiary/aromatic N) is 6. The van der Waals surface area contributed by atoms with Crippen molar-refractivity contribution in [1.29, 1.82) is 0 Å². The number of aliphatic hydroxyl groups is 1. The van der Waals surface area contributed by atoms with E-state index >= 15 is 0 Å². The molecular formula is C27H31ClN8O6S. The molecule has 1 aromatic carbocycles. The Morgan fingerprint density at radius 3 is 2.65 bits per heavy atom. The minimum atomic E-state index is -3.86. The first kappa shape index (κ1) is 30.4. The Morgan fingerprint density at radius 2 is 1.98 bits per heavy atom. The first-order valence-corrected chi connectivity index (χ1v) is 15.5. The number of anilines is 2. The van der Waals surface area contributed by atoms with E-state index in [1.807, 2.05) is 24.6 Å². The highest BCUT2D eigenvalue weighted by Gasteiger charge is 2.39. The van der Waals surface area contributed by atoms with Crippen LogP contribution in [0.2, 0.25) is 5.15 Å². The van der Waals surface area contributed by atoms with E-state index in [0.717, 1.165) is 11.8 Å². The Kier molecular flexibility index (Phi) is 7.94. The van der Waals surface area contributed by atoms with Gasteiger partial charge in [0, 0.05) is 32.4 Å². The van der Waals surface area contributed by atoms with Crippen molar-refractivity contribution in [3.63, 3.8) is 0 Å². The fourth-order valence-corrected chi connectivity index (χ4v) is 5.66. The highest BCUT2D eigenvalue weighted by molar-refractivity contribution is 7.89. The molecule has 1 saturated heterocycles. The van der Waals surface area contributed by atoms with Gasteiger partial charge >= 0.3 is 0 Å². The van der Waals surface area contributed by atoms with Crippen LogP contribution in [0.1, 0.15) is 40.1 Å². The Bertz CT molecular complexity index is 1910. The average molecular weight is 631 g/mol. The summed E-state index contributed by atoms with van der Waals surface area (Å²) in [5.74, 6) is -2.27. The van der Waals surface area contributed by atoms with E-state index in [2.05, 4.69) is 15.4 Å². The van der Waals surface area contributed by atoms with Gasteiger partial charge in [-0.2, -0.15) is 5.10 Å². The van der Waals surface area contributed by atoms with Gasteiger partial charge in [-0.15, -0.1) is 0 Å². The van der Waals surface area contributed by atoms with E-state index in [1.165, 1.54) is 22.9 Å². The molecule has 0 radical (unpaired) electrons. The van der Waals surface area contributed by atoms with Crippen molar-refractivity contribution in [3.05, 3.63) is 74.6 Å². The van der Waals surface area contributed by atoms with Gasteiger partial charge in [0.05, 0.1) is 53.8 Å². The van der Waals surface area contributed by atoms with E-state index in [0.29, 0.717) is 34.5 Å². The number of ether oxygens (including phenoxy) is 1. The molecule has 1 aliphatic rings. The van der Waals surface area contributed by atoms with Gasteiger partial charge in [0.25, 0.3) is 11.5 Å². The number of fused-ring (bicyclic) bond motifs is 1. The number of benzene rings is 1. The van der Waals surface area contributed by atoms with Gasteiger partial charge in [0.1, 0.15) is 5.15 Å². The summed E-state index contributed by atoms with van der Waals surface area (Å²) >= 11 is 6.02. The van der Waals surface area contributed by atoms with E-state index in [4.69, 9.17) is 21.3 Å². The van der Waals surface area contributed by atoms with E-state index in [9.17, 15) is 23.1 Å². The van der Waals surface area contributed by atoms with Crippen LogP contribution in [0, 0.1) is 6.92 Å². The molecular weight excluding hydrogens is 600 g/mol. The molecule has 228 valence electrons. The third-order valence-corrected chi connectivity index (χ3v) is 7.84. The molecule has 1 fully saturated rings. The molecule has 4 aromatic rings. The monoisotopic (exact) mass is 630 g/mol. The number of aryl methyl sites for hydroxylation is 2. The number of hydrogen-bond acceptors (Lipinski definition) is 11. The van der Waals surface area contributed by atoms with Gasteiger partial charge in [-0.05, 0) is 37.6 Å². The van der Waals surface area contributed by atoms with Gasteiger partial charge in [0.15, 0.2) is 5.69 Å². The maximum absolute atomic E-state index is 13.7. The van der Waals surface area contributed by atoms with Crippen molar-refractivity contribution in [2.75, 3.05) is 36.2 Å². The predicted molar refractivity (Wildman–Crippen MR) is 161 cm³/mol. The van der Waals surface area contributed by atoms with Crippen LogP contribution in [-0.2, 0) is 34.6 Å². The number of halogens is 1. The zero-order valence-electron chi connectivity index (χ0n) is 24.1. The molecule has 0 unspecified atom stereocenters. The lowest BCUT2D eigenvalue weighted by Gasteiger charge is -2.39. The molecule has 16 heteroatoms. The summed E-state index contributed by atoms with van der Waals surface area (Å²) < 4.78 is 34.0. The van der Waals surface area contributed by atoms with Crippen molar-refractivity contribution < 1.29 is 23.1 Å². The molecule has 3 N–H and O–H groups in total. The minimum Gasteiger partial charge on any atom is -0.377 e. The number of sulfonamides is 1. The van der Waals surface area contributed by atoms with Gasteiger partial charge in [-0.25, -0.2) is 23.1 Å². The van der Waals surface area contributed by atoms with Gasteiger partial charge in [-0.1, -0.05) is 17.7 Å². The first-order chi connectivity index (χ1) is 20.1. The molecule has 1 aliphatic heterocycles. The van der Waals surface area contributed by atoms with Crippen LogP contribution in [0.15, 0.2) is 41.5 Å². The topological polar surface area (TPSA) is 174 Å². The number of aromatic nitrogens is 5. The number of amides is 1. The number of morpholine rings is 1. The third kappa shape index (κ3) is 6.20.